The zero-order chi connectivity index (χ0) is 40.7. The first-order chi connectivity index (χ1) is 30.2. The molecule has 3 heteroatoms. The molecule has 0 saturated heterocycles. The Hall–Kier alpha value is -8.01. The van der Waals surface area contributed by atoms with Crippen molar-refractivity contribution >= 4 is 60.2 Å². The van der Waals surface area contributed by atoms with Crippen LogP contribution in [0.5, 0.6) is 0 Å². The average molecular weight is 778 g/mol. The van der Waals surface area contributed by atoms with Gasteiger partial charge in [0.05, 0.1) is 22.4 Å². The summed E-state index contributed by atoms with van der Waals surface area (Å²) in [6.45, 7) is 2.05. The van der Waals surface area contributed by atoms with Crippen molar-refractivity contribution in [1.82, 2.24) is 15.0 Å². The molecular weight excluding hydrogens is 739 g/mol. The lowest BCUT2D eigenvalue weighted by molar-refractivity contribution is 1.23. The van der Waals surface area contributed by atoms with Crippen LogP contribution >= 0.6 is 0 Å². The Morgan fingerprint density at radius 1 is 0.361 bits per heavy atom. The number of allylic oxidation sites excluding steroid dienone is 3. The summed E-state index contributed by atoms with van der Waals surface area (Å²) in [5.74, 6) is 0.712. The maximum Gasteiger partial charge on any atom is 0.160 e. The molecule has 0 amide bonds. The number of rotatable bonds is 7. The third kappa shape index (κ3) is 6.63. The molecule has 0 fully saturated rings. The Labute approximate surface area is 354 Å². The number of fused-ring (bicyclic) bond motifs is 6. The monoisotopic (exact) mass is 777 g/mol. The van der Waals surface area contributed by atoms with Crippen LogP contribution in [0.25, 0.3) is 116 Å². The van der Waals surface area contributed by atoms with Crippen LogP contribution < -0.4 is 0 Å². The summed E-state index contributed by atoms with van der Waals surface area (Å²) < 4.78 is 0. The number of nitrogens with zero attached hydrogens (tertiary/aromatic N) is 3. The first kappa shape index (κ1) is 36.1. The SMILES string of the molecule is C/C=C\C=C/c1cc(-c2ccc(-c3ccc(-c4nc(-c5cccc6ccccc56)c5ccccc5n4)cc3)cc2)cc2c(-c3ccc4ccccc4c3)nc3ccccc3c12. The van der Waals surface area contributed by atoms with Gasteiger partial charge in [0.25, 0.3) is 0 Å². The van der Waals surface area contributed by atoms with Crippen molar-refractivity contribution in [2.45, 2.75) is 6.92 Å². The van der Waals surface area contributed by atoms with Gasteiger partial charge in [-0.15, -0.1) is 0 Å². The molecule has 2 heterocycles. The molecular formula is C58H39N3. The van der Waals surface area contributed by atoms with Crippen LogP contribution in [0.4, 0.5) is 0 Å². The molecule has 286 valence electrons. The fourth-order valence-corrected chi connectivity index (χ4v) is 8.75. The highest BCUT2D eigenvalue weighted by Crippen LogP contribution is 2.40. The van der Waals surface area contributed by atoms with Crippen LogP contribution in [-0.2, 0) is 0 Å². The summed E-state index contributed by atoms with van der Waals surface area (Å²) in [6.07, 6.45) is 8.50. The Bertz CT molecular complexity index is 3520. The Morgan fingerprint density at radius 2 is 0.951 bits per heavy atom. The second-order valence-corrected chi connectivity index (χ2v) is 15.5. The van der Waals surface area contributed by atoms with Crippen LogP contribution in [0.2, 0.25) is 0 Å². The van der Waals surface area contributed by atoms with Gasteiger partial charge in [0.15, 0.2) is 5.82 Å². The molecule has 3 nitrogen and oxygen atoms in total. The highest BCUT2D eigenvalue weighted by Gasteiger charge is 2.17. The van der Waals surface area contributed by atoms with Gasteiger partial charge >= 0.3 is 0 Å². The minimum atomic E-state index is 0.712. The molecule has 0 N–H and O–H groups in total. The smallest absolute Gasteiger partial charge is 0.160 e. The molecule has 61 heavy (non-hydrogen) atoms. The molecule has 2 aromatic heterocycles. The lowest BCUT2D eigenvalue weighted by Crippen LogP contribution is -1.95. The van der Waals surface area contributed by atoms with E-state index in [0.717, 1.165) is 83.1 Å². The largest absolute Gasteiger partial charge is 0.247 e. The number of para-hydroxylation sites is 2. The van der Waals surface area contributed by atoms with E-state index in [1.165, 1.54) is 26.9 Å². The van der Waals surface area contributed by atoms with Crippen molar-refractivity contribution in [2.24, 2.45) is 0 Å². The highest BCUT2D eigenvalue weighted by atomic mass is 14.9. The van der Waals surface area contributed by atoms with Crippen molar-refractivity contribution in [1.29, 1.82) is 0 Å². The van der Waals surface area contributed by atoms with Gasteiger partial charge in [-0.3, -0.25) is 0 Å². The molecule has 0 radical (unpaired) electrons. The van der Waals surface area contributed by atoms with Gasteiger partial charge in [-0.25, -0.2) is 15.0 Å². The van der Waals surface area contributed by atoms with Gasteiger partial charge in [0.2, 0.25) is 0 Å². The molecule has 11 rings (SSSR count). The van der Waals surface area contributed by atoms with E-state index in [2.05, 4.69) is 212 Å². The first-order valence-corrected chi connectivity index (χ1v) is 20.8. The van der Waals surface area contributed by atoms with E-state index in [1.807, 2.05) is 13.0 Å². The van der Waals surface area contributed by atoms with E-state index in [9.17, 15) is 0 Å². The summed E-state index contributed by atoms with van der Waals surface area (Å²) >= 11 is 0. The number of hydrogen-bond donors (Lipinski definition) is 0. The molecule has 0 aliphatic heterocycles. The Morgan fingerprint density at radius 3 is 1.70 bits per heavy atom. The third-order valence-corrected chi connectivity index (χ3v) is 11.8. The van der Waals surface area contributed by atoms with E-state index in [4.69, 9.17) is 15.0 Å². The number of aromatic nitrogens is 3. The zero-order valence-electron chi connectivity index (χ0n) is 33.6. The first-order valence-electron chi connectivity index (χ1n) is 20.8. The molecule has 0 saturated carbocycles. The van der Waals surface area contributed by atoms with Crippen molar-refractivity contribution in [3.05, 3.63) is 218 Å². The van der Waals surface area contributed by atoms with Crippen molar-refractivity contribution < 1.29 is 0 Å². The molecule has 0 spiro atoms. The van der Waals surface area contributed by atoms with E-state index in [1.54, 1.807) is 0 Å². The normalized spacial score (nSPS) is 11.9. The van der Waals surface area contributed by atoms with E-state index in [-0.39, 0.29) is 0 Å². The van der Waals surface area contributed by atoms with Crippen LogP contribution in [0.1, 0.15) is 12.5 Å². The summed E-state index contributed by atoms with van der Waals surface area (Å²) in [6, 6.07) is 69.1. The fraction of sp³-hybridized carbons (Fsp3) is 0.0172. The molecule has 9 aromatic carbocycles. The summed E-state index contributed by atoms with van der Waals surface area (Å²) in [7, 11) is 0. The minimum absolute atomic E-state index is 0.712. The third-order valence-electron chi connectivity index (χ3n) is 11.8. The molecule has 0 aliphatic rings. The molecule has 0 unspecified atom stereocenters. The van der Waals surface area contributed by atoms with E-state index in [0.29, 0.717) is 5.82 Å². The van der Waals surface area contributed by atoms with Gasteiger partial charge in [0.1, 0.15) is 0 Å². The highest BCUT2D eigenvalue weighted by molar-refractivity contribution is 6.16. The van der Waals surface area contributed by atoms with Crippen LogP contribution in [-0.4, -0.2) is 15.0 Å². The van der Waals surface area contributed by atoms with Gasteiger partial charge < -0.3 is 0 Å². The predicted molar refractivity (Wildman–Crippen MR) is 258 cm³/mol. The average Bonchev–Trinajstić information content (AvgIpc) is 3.33. The van der Waals surface area contributed by atoms with Gasteiger partial charge in [-0.2, -0.15) is 0 Å². The summed E-state index contributed by atoms with van der Waals surface area (Å²) in [5.41, 5.74) is 12.8. The number of pyridine rings is 1. The molecule has 11 aromatic rings. The fourth-order valence-electron chi connectivity index (χ4n) is 8.75. The predicted octanol–water partition coefficient (Wildman–Crippen LogP) is 15.6. The second kappa shape index (κ2) is 15.3. The molecule has 0 atom stereocenters. The van der Waals surface area contributed by atoms with E-state index >= 15 is 0 Å². The maximum absolute atomic E-state index is 5.34. The lowest BCUT2D eigenvalue weighted by Gasteiger charge is -2.15. The maximum atomic E-state index is 5.34. The van der Waals surface area contributed by atoms with E-state index < -0.39 is 0 Å². The summed E-state index contributed by atoms with van der Waals surface area (Å²) in [4.78, 5) is 15.6. The quantitative estimate of drug-likeness (QED) is 0.119. The van der Waals surface area contributed by atoms with Gasteiger partial charge in [0, 0.05) is 38.2 Å². The van der Waals surface area contributed by atoms with Gasteiger partial charge in [-0.1, -0.05) is 188 Å². The standard InChI is InChI=1S/C58H39N3/c1-2-3-4-17-45-36-47(37-52-55(45)50-20-9-11-23-53(50)59-56(52)46-34-31-38-14-5-6-16-44(38)35-46)41-27-25-39(26-28-41)40-29-32-43(33-30-40)58-60-54-24-12-10-21-51(54)57(61-58)49-22-13-18-42-15-7-8-19-48(42)49/h2-37H,1H3/b3-2-,17-4-. The molecule has 0 aliphatic carbocycles. The summed E-state index contributed by atoms with van der Waals surface area (Å²) in [5, 5.41) is 9.31. The van der Waals surface area contributed by atoms with Crippen LogP contribution in [0, 0.1) is 0 Å². The van der Waals surface area contributed by atoms with Crippen molar-refractivity contribution in [2.75, 3.05) is 0 Å². The Kier molecular flexibility index (Phi) is 9.05. The van der Waals surface area contributed by atoms with Crippen molar-refractivity contribution in [3.63, 3.8) is 0 Å². The van der Waals surface area contributed by atoms with Crippen LogP contribution in [0.15, 0.2) is 212 Å². The van der Waals surface area contributed by atoms with Gasteiger partial charge in [-0.05, 0) is 86.6 Å². The zero-order valence-corrected chi connectivity index (χ0v) is 33.6. The topological polar surface area (TPSA) is 38.7 Å². The van der Waals surface area contributed by atoms with Crippen molar-refractivity contribution in [3.8, 4) is 56.2 Å². The number of benzene rings is 9. The molecule has 0 bridgehead atoms. The number of hydrogen-bond acceptors (Lipinski definition) is 3. The minimum Gasteiger partial charge on any atom is -0.247 e. The Balaban J connectivity index is 0.981. The second-order valence-electron chi connectivity index (χ2n) is 15.5. The van der Waals surface area contributed by atoms with Crippen LogP contribution in [0.3, 0.4) is 0 Å². The lowest BCUT2D eigenvalue weighted by atomic mass is 9.91.